The molecule has 0 fully saturated rings. The van der Waals surface area contributed by atoms with Crippen LogP contribution in [-0.4, -0.2) is 27.8 Å². The maximum absolute atomic E-state index is 11.3. The molecule has 84 valence electrons. The van der Waals surface area contributed by atoms with Crippen molar-refractivity contribution in [2.24, 2.45) is 7.05 Å². The van der Waals surface area contributed by atoms with Crippen LogP contribution >= 0.6 is 0 Å². The molecule has 0 radical (unpaired) electrons. The van der Waals surface area contributed by atoms with Crippen molar-refractivity contribution < 1.29 is 9.53 Å². The summed E-state index contributed by atoms with van der Waals surface area (Å²) in [4.78, 5) is 14.2. The van der Waals surface area contributed by atoms with E-state index in [4.69, 9.17) is 0 Å². The molecule has 5 nitrogen and oxygen atoms in total. The molecule has 0 saturated heterocycles. The summed E-state index contributed by atoms with van der Waals surface area (Å²) in [6, 6.07) is 1.76. The number of hydrogen-bond donors (Lipinski definition) is 1. The number of aryl methyl sites for hydroxylation is 2. The highest BCUT2D eigenvalue weighted by Gasteiger charge is 2.13. The number of carbonyl (C=O) groups is 1. The van der Waals surface area contributed by atoms with Gasteiger partial charge in [0.15, 0.2) is 0 Å². The van der Waals surface area contributed by atoms with Crippen LogP contribution < -0.4 is 0 Å². The molecular formula is C11H13N3O2. The van der Waals surface area contributed by atoms with Gasteiger partial charge in [0.1, 0.15) is 5.69 Å². The molecule has 0 saturated carbocycles. The minimum absolute atomic E-state index is 0.369. The number of ether oxygens (including phenoxy) is 1. The number of nitrogens with one attached hydrogen (secondary N) is 1. The number of methoxy groups -OCH3 is 1. The lowest BCUT2D eigenvalue weighted by atomic mass is 10.1. The first-order chi connectivity index (χ1) is 7.63. The largest absolute Gasteiger partial charge is 0.464 e. The minimum Gasteiger partial charge on any atom is -0.464 e. The summed E-state index contributed by atoms with van der Waals surface area (Å²) in [5.74, 6) is -0.369. The van der Waals surface area contributed by atoms with Gasteiger partial charge in [-0.15, -0.1) is 0 Å². The predicted molar refractivity (Wildman–Crippen MR) is 59.1 cm³/mol. The van der Waals surface area contributed by atoms with Crippen molar-refractivity contribution >= 4 is 5.97 Å². The van der Waals surface area contributed by atoms with Crippen LogP contribution in [0.2, 0.25) is 0 Å². The Labute approximate surface area is 93.0 Å². The topological polar surface area (TPSA) is 59.9 Å². The van der Waals surface area contributed by atoms with Crippen LogP contribution in [0.25, 0.3) is 11.3 Å². The Kier molecular flexibility index (Phi) is 2.52. The summed E-state index contributed by atoms with van der Waals surface area (Å²) >= 11 is 0. The normalized spacial score (nSPS) is 10.4. The number of hydrogen-bond acceptors (Lipinski definition) is 3. The number of H-pyrrole nitrogens is 1. The Bertz CT molecular complexity index is 506. The molecule has 16 heavy (non-hydrogen) atoms. The SMILES string of the molecule is COC(=O)c1cc(-c2c(C)cnn2C)c[nH]1. The number of aromatic amines is 1. The van der Waals surface area contributed by atoms with Crippen molar-refractivity contribution in [2.75, 3.05) is 7.11 Å². The zero-order chi connectivity index (χ0) is 11.7. The fraction of sp³-hybridized carbons (Fsp3) is 0.273. The zero-order valence-electron chi connectivity index (χ0n) is 9.44. The number of aromatic nitrogens is 3. The lowest BCUT2D eigenvalue weighted by molar-refractivity contribution is 0.0595. The first-order valence-corrected chi connectivity index (χ1v) is 4.89. The van der Waals surface area contributed by atoms with Gasteiger partial charge in [-0.05, 0) is 18.6 Å². The van der Waals surface area contributed by atoms with Crippen molar-refractivity contribution in [3.63, 3.8) is 0 Å². The Hall–Kier alpha value is -2.04. The molecule has 0 aromatic carbocycles. The average Bonchev–Trinajstić information content (AvgIpc) is 2.85. The van der Waals surface area contributed by atoms with E-state index in [2.05, 4.69) is 14.8 Å². The molecule has 5 heteroatoms. The fourth-order valence-corrected chi connectivity index (χ4v) is 1.72. The molecule has 0 aliphatic heterocycles. The van der Waals surface area contributed by atoms with E-state index in [1.165, 1.54) is 7.11 Å². The van der Waals surface area contributed by atoms with Crippen LogP contribution in [0.5, 0.6) is 0 Å². The summed E-state index contributed by atoms with van der Waals surface area (Å²) in [6.07, 6.45) is 3.57. The molecule has 2 aromatic heterocycles. The first-order valence-electron chi connectivity index (χ1n) is 4.89. The van der Waals surface area contributed by atoms with Crippen LogP contribution in [0, 0.1) is 6.92 Å². The van der Waals surface area contributed by atoms with E-state index in [1.807, 2.05) is 14.0 Å². The van der Waals surface area contributed by atoms with Crippen LogP contribution in [0.15, 0.2) is 18.5 Å². The third-order valence-corrected chi connectivity index (χ3v) is 2.48. The standard InChI is InChI=1S/C11H13N3O2/c1-7-5-13-14(2)10(7)8-4-9(12-6-8)11(15)16-3/h4-6,12H,1-3H3. The number of nitrogens with zero attached hydrogens (tertiary/aromatic N) is 2. The molecule has 0 unspecified atom stereocenters. The van der Waals surface area contributed by atoms with Gasteiger partial charge in [0.05, 0.1) is 19.0 Å². The Balaban J connectivity index is 2.43. The quantitative estimate of drug-likeness (QED) is 0.779. The fourth-order valence-electron chi connectivity index (χ4n) is 1.72. The van der Waals surface area contributed by atoms with E-state index in [0.29, 0.717) is 5.69 Å². The van der Waals surface area contributed by atoms with E-state index in [0.717, 1.165) is 16.8 Å². The number of carbonyl (C=O) groups excluding carboxylic acids is 1. The highest BCUT2D eigenvalue weighted by atomic mass is 16.5. The second kappa shape index (κ2) is 3.84. The van der Waals surface area contributed by atoms with Gasteiger partial charge in [-0.1, -0.05) is 0 Å². The first kappa shape index (κ1) is 10.5. The second-order valence-electron chi connectivity index (χ2n) is 3.59. The third-order valence-electron chi connectivity index (χ3n) is 2.48. The van der Waals surface area contributed by atoms with Gasteiger partial charge >= 0.3 is 5.97 Å². The molecule has 0 aliphatic rings. The lowest BCUT2D eigenvalue weighted by Gasteiger charge is -1.99. The molecule has 2 rings (SSSR count). The Morgan fingerprint density at radius 1 is 1.56 bits per heavy atom. The van der Waals surface area contributed by atoms with Gasteiger partial charge in [-0.3, -0.25) is 4.68 Å². The van der Waals surface area contributed by atoms with Crippen molar-refractivity contribution in [3.05, 3.63) is 29.7 Å². The monoisotopic (exact) mass is 219 g/mol. The molecule has 0 amide bonds. The molecule has 0 spiro atoms. The highest BCUT2D eigenvalue weighted by Crippen LogP contribution is 2.23. The summed E-state index contributed by atoms with van der Waals surface area (Å²) in [5.41, 5.74) is 3.43. The van der Waals surface area contributed by atoms with E-state index in [1.54, 1.807) is 23.1 Å². The summed E-state index contributed by atoms with van der Waals surface area (Å²) < 4.78 is 6.41. The van der Waals surface area contributed by atoms with Crippen molar-refractivity contribution in [1.29, 1.82) is 0 Å². The predicted octanol–water partition coefficient (Wildman–Crippen LogP) is 1.51. The third kappa shape index (κ3) is 1.60. The Morgan fingerprint density at radius 3 is 2.88 bits per heavy atom. The highest BCUT2D eigenvalue weighted by molar-refractivity contribution is 5.89. The van der Waals surface area contributed by atoms with Gasteiger partial charge in [0.2, 0.25) is 0 Å². The minimum atomic E-state index is -0.369. The van der Waals surface area contributed by atoms with E-state index in [9.17, 15) is 4.79 Å². The Morgan fingerprint density at radius 2 is 2.31 bits per heavy atom. The summed E-state index contributed by atoms with van der Waals surface area (Å²) in [6.45, 7) is 1.98. The van der Waals surface area contributed by atoms with Crippen LogP contribution in [0.4, 0.5) is 0 Å². The van der Waals surface area contributed by atoms with Crippen LogP contribution in [0.1, 0.15) is 16.1 Å². The van der Waals surface area contributed by atoms with E-state index >= 15 is 0 Å². The van der Waals surface area contributed by atoms with Gasteiger partial charge in [-0.25, -0.2) is 4.79 Å². The molecule has 1 N–H and O–H groups in total. The van der Waals surface area contributed by atoms with Gasteiger partial charge in [0.25, 0.3) is 0 Å². The summed E-state index contributed by atoms with van der Waals surface area (Å²) in [7, 11) is 3.23. The molecule has 2 aromatic rings. The van der Waals surface area contributed by atoms with Crippen LogP contribution in [0.3, 0.4) is 0 Å². The maximum atomic E-state index is 11.3. The molecule has 0 atom stereocenters. The van der Waals surface area contributed by atoms with E-state index < -0.39 is 0 Å². The molecule has 2 heterocycles. The summed E-state index contributed by atoms with van der Waals surface area (Å²) in [5, 5.41) is 4.15. The van der Waals surface area contributed by atoms with Crippen molar-refractivity contribution in [2.45, 2.75) is 6.92 Å². The maximum Gasteiger partial charge on any atom is 0.354 e. The van der Waals surface area contributed by atoms with Crippen molar-refractivity contribution in [3.8, 4) is 11.3 Å². The van der Waals surface area contributed by atoms with Gasteiger partial charge < -0.3 is 9.72 Å². The molecule has 0 bridgehead atoms. The molecular weight excluding hydrogens is 206 g/mol. The molecule has 0 aliphatic carbocycles. The number of rotatable bonds is 2. The van der Waals surface area contributed by atoms with Crippen molar-refractivity contribution in [1.82, 2.24) is 14.8 Å². The number of esters is 1. The smallest absolute Gasteiger partial charge is 0.354 e. The second-order valence-corrected chi connectivity index (χ2v) is 3.59. The van der Waals surface area contributed by atoms with Gasteiger partial charge in [0, 0.05) is 18.8 Å². The zero-order valence-corrected chi connectivity index (χ0v) is 9.44. The van der Waals surface area contributed by atoms with Gasteiger partial charge in [-0.2, -0.15) is 5.10 Å². The van der Waals surface area contributed by atoms with E-state index in [-0.39, 0.29) is 5.97 Å². The average molecular weight is 219 g/mol. The lowest BCUT2D eigenvalue weighted by Crippen LogP contribution is -2.00. The van der Waals surface area contributed by atoms with Crippen LogP contribution in [-0.2, 0) is 11.8 Å².